The number of nitrogens with zero attached hydrogens (tertiary/aromatic N) is 1. The Hall–Kier alpha value is -2.47. The van der Waals surface area contributed by atoms with Crippen molar-refractivity contribution in [2.75, 3.05) is 7.11 Å². The fourth-order valence-electron chi connectivity index (χ4n) is 1.63. The van der Waals surface area contributed by atoms with E-state index in [-0.39, 0.29) is 5.75 Å². The molecule has 3 nitrogen and oxygen atoms in total. The Balaban J connectivity index is 2.49. The summed E-state index contributed by atoms with van der Waals surface area (Å²) in [6.07, 6.45) is 0. The summed E-state index contributed by atoms with van der Waals surface area (Å²) in [4.78, 5) is 0. The van der Waals surface area contributed by atoms with Gasteiger partial charge in [0, 0.05) is 0 Å². The van der Waals surface area contributed by atoms with Crippen LogP contribution in [0.15, 0.2) is 42.5 Å². The summed E-state index contributed by atoms with van der Waals surface area (Å²) in [5, 5.41) is 18.3. The van der Waals surface area contributed by atoms with Gasteiger partial charge in [-0.25, -0.2) is 0 Å². The van der Waals surface area contributed by atoms with Gasteiger partial charge in [0.1, 0.15) is 0 Å². The smallest absolute Gasteiger partial charge is 0.161 e. The third-order valence-corrected chi connectivity index (χ3v) is 2.50. The Morgan fingerprint density at radius 3 is 2.59 bits per heavy atom. The SMILES string of the molecule is COc1cc(-c2cccc(C#N)c2)ccc1O. The molecule has 0 aliphatic rings. The lowest BCUT2D eigenvalue weighted by Gasteiger charge is -2.07. The zero-order chi connectivity index (χ0) is 12.3. The third-order valence-electron chi connectivity index (χ3n) is 2.50. The maximum absolute atomic E-state index is 9.51. The molecule has 2 rings (SSSR count). The molecular weight excluding hydrogens is 214 g/mol. The highest BCUT2D eigenvalue weighted by molar-refractivity contribution is 5.68. The average molecular weight is 225 g/mol. The number of hydrogen-bond donors (Lipinski definition) is 1. The highest BCUT2D eigenvalue weighted by atomic mass is 16.5. The van der Waals surface area contributed by atoms with Crippen LogP contribution in [0.1, 0.15) is 5.56 Å². The van der Waals surface area contributed by atoms with Crippen molar-refractivity contribution in [3.05, 3.63) is 48.0 Å². The molecule has 0 aliphatic heterocycles. The molecule has 0 saturated heterocycles. The number of rotatable bonds is 2. The van der Waals surface area contributed by atoms with Crippen LogP contribution in [-0.2, 0) is 0 Å². The molecular formula is C14H11NO2. The van der Waals surface area contributed by atoms with Gasteiger partial charge in [0.05, 0.1) is 18.7 Å². The standard InChI is InChI=1S/C14H11NO2/c1-17-14-8-12(5-6-13(14)16)11-4-2-3-10(7-11)9-15/h2-8,16H,1H3. The van der Waals surface area contributed by atoms with E-state index in [0.717, 1.165) is 11.1 Å². The van der Waals surface area contributed by atoms with Crippen LogP contribution in [0.25, 0.3) is 11.1 Å². The maximum atomic E-state index is 9.51. The Labute approximate surface area is 99.5 Å². The highest BCUT2D eigenvalue weighted by Crippen LogP contribution is 2.31. The minimum absolute atomic E-state index is 0.104. The van der Waals surface area contributed by atoms with Crippen molar-refractivity contribution < 1.29 is 9.84 Å². The van der Waals surface area contributed by atoms with Crippen molar-refractivity contribution in [1.82, 2.24) is 0 Å². The number of nitriles is 1. The molecule has 0 unspecified atom stereocenters. The monoisotopic (exact) mass is 225 g/mol. The second-order valence-electron chi connectivity index (χ2n) is 3.58. The number of phenolic OH excluding ortho intramolecular Hbond substituents is 1. The number of ether oxygens (including phenoxy) is 1. The lowest BCUT2D eigenvalue weighted by atomic mass is 10.0. The van der Waals surface area contributed by atoms with E-state index in [1.54, 1.807) is 30.3 Å². The molecule has 0 bridgehead atoms. The molecule has 0 aromatic heterocycles. The summed E-state index contributed by atoms with van der Waals surface area (Å²) < 4.78 is 5.05. The quantitative estimate of drug-likeness (QED) is 0.854. The van der Waals surface area contributed by atoms with E-state index >= 15 is 0 Å². The van der Waals surface area contributed by atoms with Crippen LogP contribution in [-0.4, -0.2) is 12.2 Å². The molecule has 0 amide bonds. The van der Waals surface area contributed by atoms with Crippen molar-refractivity contribution in [3.63, 3.8) is 0 Å². The predicted molar refractivity (Wildman–Crippen MR) is 64.8 cm³/mol. The highest BCUT2D eigenvalue weighted by Gasteiger charge is 2.04. The van der Waals surface area contributed by atoms with E-state index in [4.69, 9.17) is 10.00 Å². The molecule has 0 radical (unpaired) electrons. The third kappa shape index (κ3) is 2.21. The van der Waals surface area contributed by atoms with Crippen molar-refractivity contribution in [2.24, 2.45) is 0 Å². The first-order chi connectivity index (χ1) is 8.24. The summed E-state index contributed by atoms with van der Waals surface area (Å²) >= 11 is 0. The van der Waals surface area contributed by atoms with Gasteiger partial charge in [-0.3, -0.25) is 0 Å². The molecule has 0 aliphatic carbocycles. The Morgan fingerprint density at radius 1 is 1.12 bits per heavy atom. The van der Waals surface area contributed by atoms with Crippen molar-refractivity contribution in [3.8, 4) is 28.7 Å². The molecule has 0 saturated carbocycles. The summed E-state index contributed by atoms with van der Waals surface area (Å²) in [5.74, 6) is 0.526. The molecule has 84 valence electrons. The van der Waals surface area contributed by atoms with Crippen molar-refractivity contribution in [1.29, 1.82) is 5.26 Å². The number of hydrogen-bond acceptors (Lipinski definition) is 3. The largest absolute Gasteiger partial charge is 0.504 e. The molecule has 0 atom stereocenters. The Bertz CT molecular complexity index is 585. The van der Waals surface area contributed by atoms with Gasteiger partial charge in [-0.05, 0) is 35.4 Å². The van der Waals surface area contributed by atoms with Crippen LogP contribution in [0, 0.1) is 11.3 Å². The van der Waals surface area contributed by atoms with Gasteiger partial charge in [-0.1, -0.05) is 18.2 Å². The first kappa shape index (κ1) is 11.0. The fourth-order valence-corrected chi connectivity index (χ4v) is 1.63. The molecule has 2 aromatic rings. The van der Waals surface area contributed by atoms with Crippen molar-refractivity contribution >= 4 is 0 Å². The second-order valence-corrected chi connectivity index (χ2v) is 3.58. The Morgan fingerprint density at radius 2 is 1.88 bits per heavy atom. The van der Waals surface area contributed by atoms with Gasteiger partial charge in [-0.15, -0.1) is 0 Å². The summed E-state index contributed by atoms with van der Waals surface area (Å²) in [7, 11) is 1.50. The molecule has 2 aromatic carbocycles. The van der Waals surface area contributed by atoms with Crippen LogP contribution in [0.4, 0.5) is 0 Å². The van der Waals surface area contributed by atoms with Crippen LogP contribution in [0.2, 0.25) is 0 Å². The predicted octanol–water partition coefficient (Wildman–Crippen LogP) is 2.94. The van der Waals surface area contributed by atoms with Crippen LogP contribution in [0.5, 0.6) is 11.5 Å². The summed E-state index contributed by atoms with van der Waals surface area (Å²) in [5.41, 5.74) is 2.42. The van der Waals surface area contributed by atoms with Crippen LogP contribution in [0.3, 0.4) is 0 Å². The number of benzene rings is 2. The van der Waals surface area contributed by atoms with Gasteiger partial charge >= 0.3 is 0 Å². The number of methoxy groups -OCH3 is 1. The summed E-state index contributed by atoms with van der Waals surface area (Å²) in [6.45, 7) is 0. The van der Waals surface area contributed by atoms with E-state index in [0.29, 0.717) is 11.3 Å². The minimum atomic E-state index is 0.104. The molecule has 1 N–H and O–H groups in total. The van der Waals surface area contributed by atoms with E-state index in [9.17, 15) is 5.11 Å². The van der Waals surface area contributed by atoms with Gasteiger partial charge in [0.2, 0.25) is 0 Å². The number of aromatic hydroxyl groups is 1. The lowest BCUT2D eigenvalue weighted by molar-refractivity contribution is 0.373. The van der Waals surface area contributed by atoms with E-state index in [1.165, 1.54) is 7.11 Å². The van der Waals surface area contributed by atoms with Crippen LogP contribution >= 0.6 is 0 Å². The zero-order valence-electron chi connectivity index (χ0n) is 9.34. The topological polar surface area (TPSA) is 53.2 Å². The molecule has 0 heterocycles. The lowest BCUT2D eigenvalue weighted by Crippen LogP contribution is -1.85. The van der Waals surface area contributed by atoms with E-state index in [1.807, 2.05) is 12.1 Å². The molecule has 17 heavy (non-hydrogen) atoms. The normalized spacial score (nSPS) is 9.65. The molecule has 0 spiro atoms. The Kier molecular flexibility index (Phi) is 2.97. The van der Waals surface area contributed by atoms with Gasteiger partial charge in [0.15, 0.2) is 11.5 Å². The first-order valence-corrected chi connectivity index (χ1v) is 5.12. The molecule has 0 fully saturated rings. The van der Waals surface area contributed by atoms with E-state index in [2.05, 4.69) is 6.07 Å². The van der Waals surface area contributed by atoms with Gasteiger partial charge in [-0.2, -0.15) is 5.26 Å². The summed E-state index contributed by atoms with van der Waals surface area (Å²) in [6, 6.07) is 14.5. The maximum Gasteiger partial charge on any atom is 0.161 e. The zero-order valence-corrected chi connectivity index (χ0v) is 9.34. The second kappa shape index (κ2) is 4.58. The van der Waals surface area contributed by atoms with Crippen molar-refractivity contribution in [2.45, 2.75) is 0 Å². The average Bonchev–Trinajstić information content (AvgIpc) is 2.39. The molecule has 3 heteroatoms. The van der Waals surface area contributed by atoms with Gasteiger partial charge < -0.3 is 9.84 Å². The first-order valence-electron chi connectivity index (χ1n) is 5.12. The minimum Gasteiger partial charge on any atom is -0.504 e. The van der Waals surface area contributed by atoms with Gasteiger partial charge in [0.25, 0.3) is 0 Å². The van der Waals surface area contributed by atoms with Crippen LogP contribution < -0.4 is 4.74 Å². The fraction of sp³-hybridized carbons (Fsp3) is 0.0714. The number of phenols is 1. The van der Waals surface area contributed by atoms with E-state index < -0.39 is 0 Å².